The van der Waals surface area contributed by atoms with Crippen LogP contribution in [0.15, 0.2) is 18.2 Å². The molecule has 2 fully saturated rings. The highest BCUT2D eigenvalue weighted by Crippen LogP contribution is 2.28. The molecule has 5 nitrogen and oxygen atoms in total. The molecule has 2 aliphatic rings. The van der Waals surface area contributed by atoms with Crippen LogP contribution in [0.4, 0.5) is 10.1 Å². The van der Waals surface area contributed by atoms with Crippen LogP contribution in [0.5, 0.6) is 0 Å². The highest BCUT2D eigenvalue weighted by Gasteiger charge is 2.23. The van der Waals surface area contributed by atoms with Gasteiger partial charge < -0.3 is 19.9 Å². The van der Waals surface area contributed by atoms with Crippen molar-refractivity contribution in [3.05, 3.63) is 29.6 Å². The van der Waals surface area contributed by atoms with Crippen molar-refractivity contribution < 1.29 is 13.9 Å². The van der Waals surface area contributed by atoms with E-state index in [2.05, 4.69) is 22.2 Å². The number of nitrogens with one attached hydrogen (secondary N) is 1. The summed E-state index contributed by atoms with van der Waals surface area (Å²) in [5, 5.41) is 3.02. The smallest absolute Gasteiger partial charge is 0.223 e. The second kappa shape index (κ2) is 8.15. The van der Waals surface area contributed by atoms with Gasteiger partial charge in [-0.3, -0.25) is 4.79 Å². The molecule has 0 spiro atoms. The number of anilines is 1. The number of carbonyl (C=O) groups is 1. The van der Waals surface area contributed by atoms with Gasteiger partial charge in [0.05, 0.1) is 18.6 Å². The second-order valence-electron chi connectivity index (χ2n) is 7.12. The third kappa shape index (κ3) is 4.70. The normalized spacial score (nSPS) is 22.8. The highest BCUT2D eigenvalue weighted by atomic mass is 19.1. The lowest BCUT2D eigenvalue weighted by Gasteiger charge is -2.36. The molecule has 1 aromatic carbocycles. The van der Waals surface area contributed by atoms with Crippen LogP contribution < -0.4 is 10.2 Å². The van der Waals surface area contributed by atoms with Gasteiger partial charge in [0.2, 0.25) is 5.91 Å². The SMILES string of the molecule is C[C@H](NC(=O)C[C@@H]1CCCO1)c1cc(F)ccc1N1CCN(C)CC1. The fraction of sp³-hybridized carbons (Fsp3) is 0.632. The largest absolute Gasteiger partial charge is 0.378 e. The Bertz CT molecular complexity index is 596. The van der Waals surface area contributed by atoms with E-state index in [0.717, 1.165) is 56.9 Å². The van der Waals surface area contributed by atoms with Crippen LogP contribution in [0.2, 0.25) is 0 Å². The zero-order valence-electron chi connectivity index (χ0n) is 15.1. The third-order valence-electron chi connectivity index (χ3n) is 5.11. The number of likely N-dealkylation sites (N-methyl/N-ethyl adjacent to an activating group) is 1. The lowest BCUT2D eigenvalue weighted by molar-refractivity contribution is -0.123. The molecule has 0 aromatic heterocycles. The monoisotopic (exact) mass is 349 g/mol. The summed E-state index contributed by atoms with van der Waals surface area (Å²) in [5.74, 6) is -0.305. The van der Waals surface area contributed by atoms with E-state index in [0.29, 0.717) is 6.42 Å². The number of benzene rings is 1. The molecule has 2 aliphatic heterocycles. The maximum atomic E-state index is 13.8. The molecule has 6 heteroatoms. The van der Waals surface area contributed by atoms with Gasteiger partial charge in [0, 0.05) is 44.0 Å². The van der Waals surface area contributed by atoms with Crippen molar-refractivity contribution in [3.8, 4) is 0 Å². The van der Waals surface area contributed by atoms with Gasteiger partial charge in [-0.05, 0) is 45.0 Å². The van der Waals surface area contributed by atoms with Gasteiger partial charge in [0.1, 0.15) is 5.82 Å². The van der Waals surface area contributed by atoms with Crippen molar-refractivity contribution in [3.63, 3.8) is 0 Å². The molecule has 138 valence electrons. The van der Waals surface area contributed by atoms with Crippen LogP contribution in [0, 0.1) is 5.82 Å². The number of nitrogens with zero attached hydrogens (tertiary/aromatic N) is 2. The minimum Gasteiger partial charge on any atom is -0.378 e. The van der Waals surface area contributed by atoms with Crippen LogP contribution in [0.25, 0.3) is 0 Å². The summed E-state index contributed by atoms with van der Waals surface area (Å²) in [7, 11) is 2.11. The van der Waals surface area contributed by atoms with Crippen molar-refractivity contribution in [1.82, 2.24) is 10.2 Å². The number of carbonyl (C=O) groups excluding carboxylic acids is 1. The number of hydrogen-bond acceptors (Lipinski definition) is 4. The summed E-state index contributed by atoms with van der Waals surface area (Å²) >= 11 is 0. The van der Waals surface area contributed by atoms with E-state index in [4.69, 9.17) is 4.74 Å². The zero-order valence-corrected chi connectivity index (χ0v) is 15.1. The fourth-order valence-corrected chi connectivity index (χ4v) is 3.60. The Hall–Kier alpha value is -1.66. The first kappa shape index (κ1) is 18.1. The molecule has 0 unspecified atom stereocenters. The molecular weight excluding hydrogens is 321 g/mol. The number of amides is 1. The number of halogens is 1. The average molecular weight is 349 g/mol. The predicted octanol–water partition coefficient (Wildman–Crippen LogP) is 2.32. The number of piperazine rings is 1. The van der Waals surface area contributed by atoms with E-state index in [1.807, 2.05) is 13.0 Å². The predicted molar refractivity (Wildman–Crippen MR) is 96.3 cm³/mol. The molecular formula is C19H28FN3O2. The second-order valence-corrected chi connectivity index (χ2v) is 7.12. The van der Waals surface area contributed by atoms with Crippen LogP contribution in [-0.4, -0.2) is 56.7 Å². The Balaban J connectivity index is 1.68. The Morgan fingerprint density at radius 1 is 1.36 bits per heavy atom. The van der Waals surface area contributed by atoms with Crippen LogP contribution in [-0.2, 0) is 9.53 Å². The average Bonchev–Trinajstić information content (AvgIpc) is 3.08. The first-order chi connectivity index (χ1) is 12.0. The molecule has 0 aliphatic carbocycles. The zero-order chi connectivity index (χ0) is 17.8. The van der Waals surface area contributed by atoms with E-state index < -0.39 is 0 Å². The summed E-state index contributed by atoms with van der Waals surface area (Å²) in [6, 6.07) is 4.64. The van der Waals surface area contributed by atoms with Gasteiger partial charge in [-0.1, -0.05) is 0 Å². The number of hydrogen-bond donors (Lipinski definition) is 1. The van der Waals surface area contributed by atoms with E-state index >= 15 is 0 Å². The Kier molecular flexibility index (Phi) is 5.91. The van der Waals surface area contributed by atoms with Gasteiger partial charge in [0.25, 0.3) is 0 Å². The lowest BCUT2D eigenvalue weighted by atomic mass is 10.0. The van der Waals surface area contributed by atoms with Gasteiger partial charge >= 0.3 is 0 Å². The molecule has 0 radical (unpaired) electrons. The molecule has 1 aromatic rings. The summed E-state index contributed by atoms with van der Waals surface area (Å²) in [6.07, 6.45) is 2.36. The molecule has 2 atom stereocenters. The van der Waals surface area contributed by atoms with Crippen molar-refractivity contribution in [2.45, 2.75) is 38.3 Å². The van der Waals surface area contributed by atoms with Crippen molar-refractivity contribution >= 4 is 11.6 Å². The van der Waals surface area contributed by atoms with Crippen molar-refractivity contribution in [1.29, 1.82) is 0 Å². The van der Waals surface area contributed by atoms with Gasteiger partial charge in [0.15, 0.2) is 0 Å². The molecule has 25 heavy (non-hydrogen) atoms. The highest BCUT2D eigenvalue weighted by molar-refractivity contribution is 5.77. The molecule has 0 bridgehead atoms. The Labute approximate surface area is 149 Å². The third-order valence-corrected chi connectivity index (χ3v) is 5.11. The maximum absolute atomic E-state index is 13.8. The van der Waals surface area contributed by atoms with Crippen LogP contribution >= 0.6 is 0 Å². The first-order valence-electron chi connectivity index (χ1n) is 9.17. The van der Waals surface area contributed by atoms with E-state index in [-0.39, 0.29) is 23.9 Å². The molecule has 1 N–H and O–H groups in total. The van der Waals surface area contributed by atoms with Gasteiger partial charge in [-0.2, -0.15) is 0 Å². The van der Waals surface area contributed by atoms with Gasteiger partial charge in [-0.15, -0.1) is 0 Å². The number of rotatable bonds is 5. The van der Waals surface area contributed by atoms with Gasteiger partial charge in [-0.25, -0.2) is 4.39 Å². The summed E-state index contributed by atoms with van der Waals surface area (Å²) in [4.78, 5) is 16.9. The summed E-state index contributed by atoms with van der Waals surface area (Å²) in [5.41, 5.74) is 1.85. The lowest BCUT2D eigenvalue weighted by Crippen LogP contribution is -2.45. The first-order valence-corrected chi connectivity index (χ1v) is 9.17. The van der Waals surface area contributed by atoms with Crippen LogP contribution in [0.3, 0.4) is 0 Å². The van der Waals surface area contributed by atoms with E-state index in [1.165, 1.54) is 6.07 Å². The molecule has 2 saturated heterocycles. The molecule has 2 heterocycles. The summed E-state index contributed by atoms with van der Waals surface area (Å²) in [6.45, 7) is 6.44. The Morgan fingerprint density at radius 3 is 2.80 bits per heavy atom. The van der Waals surface area contributed by atoms with E-state index in [9.17, 15) is 9.18 Å². The summed E-state index contributed by atoms with van der Waals surface area (Å²) < 4.78 is 19.4. The molecule has 3 rings (SSSR count). The molecule has 1 amide bonds. The Morgan fingerprint density at radius 2 is 2.12 bits per heavy atom. The minimum atomic E-state index is -0.270. The minimum absolute atomic E-state index is 0.0248. The van der Waals surface area contributed by atoms with Crippen molar-refractivity contribution in [2.75, 3.05) is 44.7 Å². The van der Waals surface area contributed by atoms with E-state index in [1.54, 1.807) is 6.07 Å². The molecule has 0 saturated carbocycles. The van der Waals surface area contributed by atoms with Crippen molar-refractivity contribution in [2.24, 2.45) is 0 Å². The topological polar surface area (TPSA) is 44.8 Å². The number of ether oxygens (including phenoxy) is 1. The quantitative estimate of drug-likeness (QED) is 0.886. The van der Waals surface area contributed by atoms with Crippen LogP contribution in [0.1, 0.15) is 37.8 Å². The standard InChI is InChI=1S/C19H28FN3O2/c1-14(21-19(24)13-16-4-3-11-25-16)17-12-15(20)5-6-18(17)23-9-7-22(2)8-10-23/h5-6,12,14,16H,3-4,7-11,13H2,1-2H3,(H,21,24)/t14-,16-/m0/s1. The fourth-order valence-electron chi connectivity index (χ4n) is 3.60. The maximum Gasteiger partial charge on any atom is 0.223 e.